The van der Waals surface area contributed by atoms with Gasteiger partial charge in [0.1, 0.15) is 0 Å². The predicted molar refractivity (Wildman–Crippen MR) is 85.5 cm³/mol. The Hall–Kier alpha value is -1.43. The molecule has 2 heterocycles. The summed E-state index contributed by atoms with van der Waals surface area (Å²) in [4.78, 5) is 16.4. The summed E-state index contributed by atoms with van der Waals surface area (Å²) in [5.74, 6) is 0.214. The molecule has 2 aliphatic rings. The van der Waals surface area contributed by atoms with E-state index in [9.17, 15) is 9.90 Å². The van der Waals surface area contributed by atoms with Crippen LogP contribution in [0.3, 0.4) is 0 Å². The molecule has 0 spiro atoms. The first-order valence-electron chi connectivity index (χ1n) is 8.16. The summed E-state index contributed by atoms with van der Waals surface area (Å²) in [6.45, 7) is 5.40. The van der Waals surface area contributed by atoms with Crippen molar-refractivity contribution in [1.29, 1.82) is 0 Å². The van der Waals surface area contributed by atoms with E-state index in [4.69, 9.17) is 0 Å². The minimum atomic E-state index is -0.740. The maximum Gasteiger partial charge on any atom is 0.236 e. The molecule has 0 radical (unpaired) electrons. The molecule has 2 aliphatic heterocycles. The third-order valence-corrected chi connectivity index (χ3v) is 4.82. The van der Waals surface area contributed by atoms with Crippen LogP contribution in [0, 0.1) is 0 Å². The van der Waals surface area contributed by atoms with Crippen molar-refractivity contribution in [2.75, 3.05) is 45.8 Å². The number of nitrogens with one attached hydrogen (secondary N) is 1. The number of amides is 1. The zero-order chi connectivity index (χ0) is 15.4. The highest BCUT2D eigenvalue weighted by atomic mass is 16.3. The van der Waals surface area contributed by atoms with Crippen LogP contribution in [0.4, 0.5) is 0 Å². The second kappa shape index (κ2) is 6.77. The van der Waals surface area contributed by atoms with Crippen molar-refractivity contribution in [3.05, 3.63) is 35.9 Å². The van der Waals surface area contributed by atoms with Crippen LogP contribution in [0.2, 0.25) is 0 Å². The van der Waals surface area contributed by atoms with Gasteiger partial charge in [0.05, 0.1) is 12.1 Å². The van der Waals surface area contributed by atoms with Crippen LogP contribution in [0.1, 0.15) is 18.4 Å². The standard InChI is InChI=1S/C17H25N3O2/c21-16(20-12-8-18-9-13-20)14-19-10-6-17(22,7-11-19)15-4-2-1-3-5-15/h1-5,18,22H,6-14H2. The lowest BCUT2D eigenvalue weighted by Gasteiger charge is -2.39. The van der Waals surface area contributed by atoms with Gasteiger partial charge in [-0.3, -0.25) is 9.69 Å². The van der Waals surface area contributed by atoms with Gasteiger partial charge in [-0.25, -0.2) is 0 Å². The second-order valence-electron chi connectivity index (χ2n) is 6.30. The minimum Gasteiger partial charge on any atom is -0.385 e. The fourth-order valence-corrected chi connectivity index (χ4v) is 3.32. The van der Waals surface area contributed by atoms with Crippen LogP contribution >= 0.6 is 0 Å². The third-order valence-electron chi connectivity index (χ3n) is 4.82. The molecule has 22 heavy (non-hydrogen) atoms. The van der Waals surface area contributed by atoms with Crippen molar-refractivity contribution in [1.82, 2.24) is 15.1 Å². The van der Waals surface area contributed by atoms with Gasteiger partial charge in [0, 0.05) is 39.3 Å². The average molecular weight is 303 g/mol. The molecule has 0 aliphatic carbocycles. The normalized spacial score (nSPS) is 22.5. The van der Waals surface area contributed by atoms with Gasteiger partial charge < -0.3 is 15.3 Å². The SMILES string of the molecule is O=C(CN1CCC(O)(c2ccccc2)CC1)N1CCNCC1. The number of rotatable bonds is 3. The summed E-state index contributed by atoms with van der Waals surface area (Å²) in [6.07, 6.45) is 1.37. The number of piperazine rings is 1. The zero-order valence-corrected chi connectivity index (χ0v) is 13.0. The Labute approximate surface area is 131 Å². The molecule has 0 atom stereocenters. The average Bonchev–Trinajstić information content (AvgIpc) is 2.59. The zero-order valence-electron chi connectivity index (χ0n) is 13.0. The molecule has 2 saturated heterocycles. The molecule has 1 aromatic carbocycles. The number of benzene rings is 1. The summed E-state index contributed by atoms with van der Waals surface area (Å²) in [6, 6.07) is 9.87. The van der Waals surface area contributed by atoms with Crippen LogP contribution in [0.25, 0.3) is 0 Å². The molecule has 120 valence electrons. The van der Waals surface area contributed by atoms with Gasteiger partial charge in [-0.1, -0.05) is 30.3 Å². The van der Waals surface area contributed by atoms with Crippen molar-refractivity contribution in [3.63, 3.8) is 0 Å². The maximum absolute atomic E-state index is 12.3. The number of nitrogens with zero attached hydrogens (tertiary/aromatic N) is 2. The number of carbonyl (C=O) groups is 1. The van der Waals surface area contributed by atoms with Crippen LogP contribution < -0.4 is 5.32 Å². The van der Waals surface area contributed by atoms with Crippen LogP contribution in [-0.4, -0.2) is 66.6 Å². The fourth-order valence-electron chi connectivity index (χ4n) is 3.32. The van der Waals surface area contributed by atoms with Crippen LogP contribution in [0.5, 0.6) is 0 Å². The highest BCUT2D eigenvalue weighted by Crippen LogP contribution is 2.32. The molecule has 1 aromatic rings. The quantitative estimate of drug-likeness (QED) is 0.849. The summed E-state index contributed by atoms with van der Waals surface area (Å²) in [7, 11) is 0. The molecular formula is C17H25N3O2. The molecule has 1 amide bonds. The lowest BCUT2D eigenvalue weighted by Crippen LogP contribution is -2.51. The largest absolute Gasteiger partial charge is 0.385 e. The summed E-state index contributed by atoms with van der Waals surface area (Å²) in [5.41, 5.74) is 0.249. The highest BCUT2D eigenvalue weighted by Gasteiger charge is 2.34. The van der Waals surface area contributed by atoms with E-state index in [-0.39, 0.29) is 5.91 Å². The van der Waals surface area contributed by atoms with E-state index in [0.717, 1.165) is 44.8 Å². The molecule has 5 nitrogen and oxygen atoms in total. The van der Waals surface area contributed by atoms with E-state index >= 15 is 0 Å². The van der Waals surface area contributed by atoms with E-state index in [1.165, 1.54) is 0 Å². The molecule has 5 heteroatoms. The van der Waals surface area contributed by atoms with Gasteiger partial charge in [0.2, 0.25) is 5.91 Å². The minimum absolute atomic E-state index is 0.214. The van der Waals surface area contributed by atoms with Gasteiger partial charge in [0.25, 0.3) is 0 Å². The van der Waals surface area contributed by atoms with Gasteiger partial charge in [-0.2, -0.15) is 0 Å². The summed E-state index contributed by atoms with van der Waals surface area (Å²) in [5, 5.41) is 14.1. The predicted octanol–water partition coefficient (Wildman–Crippen LogP) is 0.402. The van der Waals surface area contributed by atoms with Crippen molar-refractivity contribution in [2.24, 2.45) is 0 Å². The topological polar surface area (TPSA) is 55.8 Å². The Morgan fingerprint density at radius 1 is 1.09 bits per heavy atom. The number of hydrogen-bond acceptors (Lipinski definition) is 4. The highest BCUT2D eigenvalue weighted by molar-refractivity contribution is 5.78. The Morgan fingerprint density at radius 3 is 2.36 bits per heavy atom. The first-order chi connectivity index (χ1) is 10.7. The van der Waals surface area contributed by atoms with Gasteiger partial charge >= 0.3 is 0 Å². The Balaban J connectivity index is 1.52. The fraction of sp³-hybridized carbons (Fsp3) is 0.588. The van der Waals surface area contributed by atoms with E-state index in [2.05, 4.69) is 10.2 Å². The maximum atomic E-state index is 12.3. The molecule has 0 unspecified atom stereocenters. The number of hydrogen-bond donors (Lipinski definition) is 2. The van der Waals surface area contributed by atoms with E-state index in [0.29, 0.717) is 19.4 Å². The van der Waals surface area contributed by atoms with Gasteiger partial charge in [-0.05, 0) is 18.4 Å². The molecule has 2 N–H and O–H groups in total. The van der Waals surface area contributed by atoms with Crippen molar-refractivity contribution in [3.8, 4) is 0 Å². The Bertz CT molecular complexity index is 492. The molecule has 3 rings (SSSR count). The number of carbonyl (C=O) groups excluding carboxylic acids is 1. The molecular weight excluding hydrogens is 278 g/mol. The van der Waals surface area contributed by atoms with Crippen molar-refractivity contribution >= 4 is 5.91 Å². The first kappa shape index (κ1) is 15.5. The lowest BCUT2D eigenvalue weighted by atomic mass is 9.84. The van der Waals surface area contributed by atoms with Crippen molar-refractivity contribution < 1.29 is 9.90 Å². The van der Waals surface area contributed by atoms with Crippen LogP contribution in [0.15, 0.2) is 30.3 Å². The smallest absolute Gasteiger partial charge is 0.236 e. The lowest BCUT2D eigenvalue weighted by molar-refractivity contribution is -0.134. The Kier molecular flexibility index (Phi) is 4.76. The van der Waals surface area contributed by atoms with E-state index in [1.807, 2.05) is 35.2 Å². The van der Waals surface area contributed by atoms with E-state index in [1.54, 1.807) is 0 Å². The first-order valence-corrected chi connectivity index (χ1v) is 8.16. The van der Waals surface area contributed by atoms with Gasteiger partial charge in [0.15, 0.2) is 0 Å². The molecule has 2 fully saturated rings. The molecule has 0 saturated carbocycles. The van der Waals surface area contributed by atoms with E-state index < -0.39 is 5.60 Å². The molecule has 0 bridgehead atoms. The number of aliphatic hydroxyl groups is 1. The number of piperidine rings is 1. The Morgan fingerprint density at radius 2 is 1.73 bits per heavy atom. The summed E-state index contributed by atoms with van der Waals surface area (Å²) >= 11 is 0. The second-order valence-corrected chi connectivity index (χ2v) is 6.30. The molecule has 0 aromatic heterocycles. The number of likely N-dealkylation sites (tertiary alicyclic amines) is 1. The summed E-state index contributed by atoms with van der Waals surface area (Å²) < 4.78 is 0. The van der Waals surface area contributed by atoms with Crippen molar-refractivity contribution in [2.45, 2.75) is 18.4 Å². The van der Waals surface area contributed by atoms with Gasteiger partial charge in [-0.15, -0.1) is 0 Å². The third kappa shape index (κ3) is 3.48. The monoisotopic (exact) mass is 303 g/mol. The van der Waals surface area contributed by atoms with Crippen LogP contribution in [-0.2, 0) is 10.4 Å².